The third-order valence-electron chi connectivity index (χ3n) is 5.19. The van der Waals surface area contributed by atoms with Gasteiger partial charge in [-0.2, -0.15) is 0 Å². The minimum absolute atomic E-state index is 0.0484. The molecule has 1 aromatic carbocycles. The summed E-state index contributed by atoms with van der Waals surface area (Å²) >= 11 is 1.50. The van der Waals surface area contributed by atoms with Crippen LogP contribution in [0.25, 0.3) is 11.3 Å². The molecule has 1 aliphatic rings. The van der Waals surface area contributed by atoms with Crippen molar-refractivity contribution in [2.45, 2.75) is 32.2 Å². The molecule has 152 valence electrons. The molecule has 7 heteroatoms. The van der Waals surface area contributed by atoms with Gasteiger partial charge in [0, 0.05) is 17.0 Å². The summed E-state index contributed by atoms with van der Waals surface area (Å²) in [4.78, 5) is 20.5. The van der Waals surface area contributed by atoms with Crippen LogP contribution in [0.4, 0.5) is 4.39 Å². The number of halogens is 1. The average Bonchev–Trinajstić information content (AvgIpc) is 3.46. The Morgan fingerprint density at radius 1 is 1.28 bits per heavy atom. The van der Waals surface area contributed by atoms with E-state index in [1.165, 1.54) is 36.3 Å². The van der Waals surface area contributed by atoms with Crippen molar-refractivity contribution in [3.63, 3.8) is 0 Å². The van der Waals surface area contributed by atoms with Gasteiger partial charge in [0.15, 0.2) is 0 Å². The second kappa shape index (κ2) is 8.88. The summed E-state index contributed by atoms with van der Waals surface area (Å²) < 4.78 is 18.9. The van der Waals surface area contributed by atoms with Gasteiger partial charge in [-0.3, -0.25) is 9.69 Å². The van der Waals surface area contributed by atoms with E-state index in [1.54, 1.807) is 18.4 Å². The molecule has 3 heterocycles. The number of aryl methyl sites for hydroxylation is 1. The van der Waals surface area contributed by atoms with E-state index < -0.39 is 0 Å². The van der Waals surface area contributed by atoms with Crippen molar-refractivity contribution >= 4 is 17.2 Å². The molecule has 1 saturated heterocycles. The lowest BCUT2D eigenvalue weighted by Crippen LogP contribution is -2.37. The minimum atomic E-state index is -0.286. The fraction of sp³-hybridized carbons (Fsp3) is 0.364. The van der Waals surface area contributed by atoms with Gasteiger partial charge < -0.3 is 9.73 Å². The van der Waals surface area contributed by atoms with Crippen LogP contribution in [0.2, 0.25) is 0 Å². The summed E-state index contributed by atoms with van der Waals surface area (Å²) in [7, 11) is 0. The first-order chi connectivity index (χ1) is 14.1. The van der Waals surface area contributed by atoms with Crippen molar-refractivity contribution in [3.05, 3.63) is 64.1 Å². The Morgan fingerprint density at radius 3 is 2.72 bits per heavy atom. The number of thiazole rings is 1. The van der Waals surface area contributed by atoms with Crippen molar-refractivity contribution in [1.29, 1.82) is 0 Å². The number of amides is 1. The number of nitrogens with one attached hydrogen (secondary N) is 1. The molecular formula is C22H24FN3O2S. The molecule has 0 aliphatic carbocycles. The number of rotatable bonds is 7. The summed E-state index contributed by atoms with van der Waals surface area (Å²) in [5.41, 5.74) is 1.58. The van der Waals surface area contributed by atoms with Gasteiger partial charge >= 0.3 is 0 Å². The molecule has 5 nitrogen and oxygen atoms in total. The molecule has 1 amide bonds. The first-order valence-electron chi connectivity index (χ1n) is 9.86. The molecule has 0 spiro atoms. The number of aromatic nitrogens is 1. The molecule has 0 unspecified atom stereocenters. The Bertz CT molecular complexity index is 947. The van der Waals surface area contributed by atoms with E-state index >= 15 is 0 Å². The first-order valence-corrected chi connectivity index (χ1v) is 10.7. The number of hydrogen-bond acceptors (Lipinski definition) is 5. The van der Waals surface area contributed by atoms with Crippen molar-refractivity contribution < 1.29 is 13.6 Å². The minimum Gasteiger partial charge on any atom is -0.468 e. The Hall–Kier alpha value is -2.51. The van der Waals surface area contributed by atoms with Crippen LogP contribution in [0.5, 0.6) is 0 Å². The monoisotopic (exact) mass is 413 g/mol. The van der Waals surface area contributed by atoms with Gasteiger partial charge in [-0.25, -0.2) is 9.37 Å². The van der Waals surface area contributed by atoms with Crippen LogP contribution in [-0.2, 0) is 11.2 Å². The van der Waals surface area contributed by atoms with Gasteiger partial charge in [0.2, 0.25) is 5.91 Å². The van der Waals surface area contributed by atoms with Crippen molar-refractivity contribution in [3.8, 4) is 11.3 Å². The summed E-state index contributed by atoms with van der Waals surface area (Å²) in [6.07, 6.45) is 4.27. The van der Waals surface area contributed by atoms with Crippen LogP contribution in [0.1, 0.15) is 34.5 Å². The topological polar surface area (TPSA) is 58.4 Å². The molecule has 0 radical (unpaired) electrons. The maximum atomic E-state index is 13.2. The van der Waals surface area contributed by atoms with Gasteiger partial charge in [-0.1, -0.05) is 0 Å². The molecule has 29 heavy (non-hydrogen) atoms. The van der Waals surface area contributed by atoms with Crippen LogP contribution in [0.15, 0.2) is 47.1 Å². The zero-order valence-electron chi connectivity index (χ0n) is 16.4. The Kier molecular flexibility index (Phi) is 6.06. The molecular weight excluding hydrogens is 389 g/mol. The number of nitrogens with zero attached hydrogens (tertiary/aromatic N) is 2. The number of carbonyl (C=O) groups excluding carboxylic acids is 1. The molecule has 1 atom stereocenters. The molecule has 4 rings (SSSR count). The summed E-state index contributed by atoms with van der Waals surface area (Å²) in [6, 6.07) is 10.1. The lowest BCUT2D eigenvalue weighted by molar-refractivity contribution is -0.120. The van der Waals surface area contributed by atoms with E-state index in [-0.39, 0.29) is 24.2 Å². The van der Waals surface area contributed by atoms with Gasteiger partial charge in [0.1, 0.15) is 11.6 Å². The molecule has 0 saturated carbocycles. The Labute approximate surface area is 173 Å². The van der Waals surface area contributed by atoms with E-state index in [0.29, 0.717) is 6.54 Å². The zero-order valence-corrected chi connectivity index (χ0v) is 17.2. The molecule has 1 fully saturated rings. The lowest BCUT2D eigenvalue weighted by atomic mass is 10.1. The third-order valence-corrected chi connectivity index (χ3v) is 6.16. The summed E-state index contributed by atoms with van der Waals surface area (Å²) in [6.45, 7) is 4.46. The highest BCUT2D eigenvalue weighted by Crippen LogP contribution is 2.29. The highest BCUT2D eigenvalue weighted by molar-refractivity contribution is 7.12. The lowest BCUT2D eigenvalue weighted by Gasteiger charge is -2.26. The third kappa shape index (κ3) is 4.74. The fourth-order valence-corrected chi connectivity index (χ4v) is 4.74. The van der Waals surface area contributed by atoms with Crippen LogP contribution in [0.3, 0.4) is 0 Å². The maximum absolute atomic E-state index is 13.2. The number of furan rings is 1. The molecule has 3 aromatic rings. The Morgan fingerprint density at radius 2 is 2.03 bits per heavy atom. The van der Waals surface area contributed by atoms with Crippen LogP contribution in [0, 0.1) is 12.7 Å². The van der Waals surface area contributed by atoms with Crippen LogP contribution in [-0.4, -0.2) is 35.4 Å². The largest absolute Gasteiger partial charge is 0.468 e. The van der Waals surface area contributed by atoms with Crippen molar-refractivity contribution in [1.82, 2.24) is 15.2 Å². The molecule has 1 aliphatic heterocycles. The zero-order chi connectivity index (χ0) is 20.2. The summed E-state index contributed by atoms with van der Waals surface area (Å²) in [5.74, 6) is 0.548. The molecule has 1 N–H and O–H groups in total. The van der Waals surface area contributed by atoms with E-state index in [4.69, 9.17) is 4.42 Å². The number of hydrogen-bond donors (Lipinski definition) is 1. The normalized spacial score (nSPS) is 15.5. The number of likely N-dealkylation sites (tertiary alicyclic amines) is 1. The second-order valence-electron chi connectivity index (χ2n) is 7.27. The second-order valence-corrected chi connectivity index (χ2v) is 8.55. The van der Waals surface area contributed by atoms with Gasteiger partial charge in [0.05, 0.1) is 29.4 Å². The van der Waals surface area contributed by atoms with Crippen LogP contribution >= 0.6 is 11.3 Å². The quantitative estimate of drug-likeness (QED) is 0.626. The highest BCUT2D eigenvalue weighted by atomic mass is 32.1. The van der Waals surface area contributed by atoms with E-state index in [0.717, 1.165) is 40.0 Å². The average molecular weight is 414 g/mol. The van der Waals surface area contributed by atoms with Crippen molar-refractivity contribution in [2.75, 3.05) is 19.6 Å². The Balaban J connectivity index is 1.44. The van der Waals surface area contributed by atoms with Gasteiger partial charge in [-0.15, -0.1) is 11.3 Å². The van der Waals surface area contributed by atoms with E-state index in [2.05, 4.69) is 15.2 Å². The number of benzene rings is 1. The van der Waals surface area contributed by atoms with E-state index in [1.807, 2.05) is 19.1 Å². The van der Waals surface area contributed by atoms with Crippen molar-refractivity contribution in [2.24, 2.45) is 0 Å². The molecule has 0 bridgehead atoms. The summed E-state index contributed by atoms with van der Waals surface area (Å²) in [5, 5.41) is 3.96. The predicted octanol–water partition coefficient (Wildman–Crippen LogP) is 4.35. The smallest absolute Gasteiger partial charge is 0.225 e. The first kappa shape index (κ1) is 19.8. The van der Waals surface area contributed by atoms with E-state index in [9.17, 15) is 9.18 Å². The molecule has 2 aromatic heterocycles. The predicted molar refractivity (Wildman–Crippen MR) is 111 cm³/mol. The standard InChI is InChI=1S/C22H24FN3O2S/c1-15-25-22(16-6-8-17(23)9-7-16)20(29-15)13-21(27)24-14-18(19-5-4-12-28-19)26-10-2-3-11-26/h4-9,12,18H,2-3,10-11,13-14H2,1H3,(H,24,27)/t18-/m0/s1. The maximum Gasteiger partial charge on any atom is 0.225 e. The van der Waals surface area contributed by atoms with Gasteiger partial charge in [0.25, 0.3) is 0 Å². The van der Waals surface area contributed by atoms with Gasteiger partial charge in [-0.05, 0) is 69.3 Å². The SMILES string of the molecule is Cc1nc(-c2ccc(F)cc2)c(CC(=O)NC[C@@H](c2ccco2)N2CCCC2)s1. The highest BCUT2D eigenvalue weighted by Gasteiger charge is 2.26. The number of carbonyl (C=O) groups is 1. The van der Waals surface area contributed by atoms with Crippen LogP contribution < -0.4 is 5.32 Å². The fourth-order valence-electron chi connectivity index (χ4n) is 3.78.